The number of carbonyl (C=O) groups is 3. The molecule has 0 saturated heterocycles. The Labute approximate surface area is 215 Å². The lowest BCUT2D eigenvalue weighted by molar-refractivity contribution is -0.144. The van der Waals surface area contributed by atoms with Gasteiger partial charge in [-0.3, -0.25) is 14.4 Å². The normalized spacial score (nSPS) is 27.0. The fraction of sp³-hybridized carbons (Fsp3) is 0.815. The Bertz CT molecular complexity index is 798. The number of fused-ring (bicyclic) bond motifs is 2. The van der Waals surface area contributed by atoms with E-state index in [-0.39, 0.29) is 43.2 Å². The molecule has 0 spiro atoms. The number of rotatable bonds is 16. The predicted molar refractivity (Wildman–Crippen MR) is 138 cm³/mol. The number of likely N-dealkylation sites (N-methyl/N-ethyl adjacent to an activating group) is 1. The molecule has 2 aliphatic rings. The number of nitrogens with one attached hydrogen (secondary N) is 1. The van der Waals surface area contributed by atoms with Crippen LogP contribution in [0.3, 0.4) is 0 Å². The molecule has 0 aromatic rings. The van der Waals surface area contributed by atoms with Gasteiger partial charge < -0.3 is 30.9 Å². The first kappa shape index (κ1) is 30.1. The summed E-state index contributed by atoms with van der Waals surface area (Å²) in [6.07, 6.45) is 2.74. The average molecular weight is 510 g/mol. The van der Waals surface area contributed by atoms with Crippen LogP contribution in [0.4, 0.5) is 0 Å². The number of hydrogen-bond acceptors (Lipinski definition) is 6. The fourth-order valence-corrected chi connectivity index (χ4v) is 6.31. The van der Waals surface area contributed by atoms with Gasteiger partial charge >= 0.3 is 5.97 Å². The third kappa shape index (κ3) is 7.68. The van der Waals surface area contributed by atoms with Crippen LogP contribution in [0.1, 0.15) is 52.9 Å². The van der Waals surface area contributed by atoms with E-state index >= 15 is 0 Å². The summed E-state index contributed by atoms with van der Waals surface area (Å²) >= 11 is 0. The Morgan fingerprint density at radius 1 is 1.22 bits per heavy atom. The largest absolute Gasteiger partial charge is 0.497 e. The summed E-state index contributed by atoms with van der Waals surface area (Å²) in [4.78, 5) is 39.5. The first-order valence-electron chi connectivity index (χ1n) is 13.2. The van der Waals surface area contributed by atoms with Gasteiger partial charge in [0.25, 0.3) is 0 Å². The lowest BCUT2D eigenvalue weighted by Gasteiger charge is -2.36. The molecule has 0 aliphatic heterocycles. The molecule has 206 valence electrons. The van der Waals surface area contributed by atoms with Crippen molar-refractivity contribution >= 4 is 17.8 Å². The van der Waals surface area contributed by atoms with Crippen molar-refractivity contribution in [3.63, 3.8) is 0 Å². The number of carbonyl (C=O) groups excluding carboxylic acids is 2. The highest BCUT2D eigenvalue weighted by molar-refractivity contribution is 5.81. The number of primary amides is 1. The molecular weight excluding hydrogens is 462 g/mol. The summed E-state index contributed by atoms with van der Waals surface area (Å²) in [6.45, 7) is 11.3. The number of aliphatic carboxylic acids is 1. The lowest BCUT2D eigenvalue weighted by Crippen LogP contribution is -2.40. The quantitative estimate of drug-likeness (QED) is 0.233. The molecule has 0 aromatic carbocycles. The van der Waals surface area contributed by atoms with E-state index in [1.165, 1.54) is 0 Å². The molecule has 2 amide bonds. The molecular formula is C27H47N3O6. The Morgan fingerprint density at radius 2 is 1.89 bits per heavy atom. The monoisotopic (exact) mass is 509 g/mol. The topological polar surface area (TPSA) is 142 Å². The van der Waals surface area contributed by atoms with Crippen LogP contribution in [0.15, 0.2) is 12.3 Å². The van der Waals surface area contributed by atoms with Gasteiger partial charge in [0.05, 0.1) is 18.3 Å². The highest BCUT2D eigenvalue weighted by Gasteiger charge is 2.53. The van der Waals surface area contributed by atoms with Gasteiger partial charge in [0.2, 0.25) is 11.8 Å². The van der Waals surface area contributed by atoms with Gasteiger partial charge in [0.15, 0.2) is 0 Å². The van der Waals surface area contributed by atoms with E-state index in [0.717, 1.165) is 13.0 Å². The third-order valence-electron chi connectivity index (χ3n) is 8.57. The van der Waals surface area contributed by atoms with Crippen molar-refractivity contribution in [2.75, 3.05) is 40.4 Å². The zero-order valence-corrected chi connectivity index (χ0v) is 22.7. The second kappa shape index (κ2) is 12.9. The second-order valence-electron chi connectivity index (χ2n) is 11.8. The predicted octanol–water partition coefficient (Wildman–Crippen LogP) is 2.09. The van der Waals surface area contributed by atoms with Crippen LogP contribution in [0, 0.1) is 46.8 Å². The van der Waals surface area contributed by atoms with Crippen molar-refractivity contribution in [1.82, 2.24) is 10.2 Å². The minimum atomic E-state index is -0.759. The van der Waals surface area contributed by atoms with E-state index in [4.69, 9.17) is 10.5 Å². The summed E-state index contributed by atoms with van der Waals surface area (Å²) in [7, 11) is 3.91. The molecule has 2 aliphatic carbocycles. The molecule has 2 saturated carbocycles. The smallest absolute Gasteiger partial charge is 0.306 e. The Balaban J connectivity index is 2.16. The number of aliphatic hydroxyl groups excluding tert-OH is 1. The number of ether oxygens (including phenoxy) is 1. The molecule has 2 fully saturated rings. The molecule has 7 unspecified atom stereocenters. The van der Waals surface area contributed by atoms with Gasteiger partial charge in [0, 0.05) is 30.3 Å². The highest BCUT2D eigenvalue weighted by Crippen LogP contribution is 2.57. The van der Waals surface area contributed by atoms with Gasteiger partial charge in [-0.25, -0.2) is 0 Å². The zero-order chi connectivity index (χ0) is 27.2. The number of nitrogens with zero attached hydrogens (tertiary/aromatic N) is 1. The van der Waals surface area contributed by atoms with Crippen LogP contribution >= 0.6 is 0 Å². The van der Waals surface area contributed by atoms with Crippen LogP contribution in [-0.2, 0) is 19.1 Å². The van der Waals surface area contributed by atoms with Gasteiger partial charge in [-0.05, 0) is 69.9 Å². The van der Waals surface area contributed by atoms with Gasteiger partial charge in [0.1, 0.15) is 6.61 Å². The number of carboxylic acid groups (broad SMARTS) is 1. The minimum absolute atomic E-state index is 0.0485. The molecule has 9 nitrogen and oxygen atoms in total. The number of aliphatic hydroxyl groups is 1. The van der Waals surface area contributed by atoms with Crippen molar-refractivity contribution in [2.24, 2.45) is 52.6 Å². The highest BCUT2D eigenvalue weighted by atomic mass is 16.5. The first-order chi connectivity index (χ1) is 16.8. The van der Waals surface area contributed by atoms with Crippen LogP contribution in [0.25, 0.3) is 0 Å². The lowest BCUT2D eigenvalue weighted by atomic mass is 9.69. The van der Waals surface area contributed by atoms with E-state index in [1.54, 1.807) is 0 Å². The average Bonchev–Trinajstić information content (AvgIpc) is 3.35. The van der Waals surface area contributed by atoms with Crippen molar-refractivity contribution in [3.8, 4) is 0 Å². The van der Waals surface area contributed by atoms with Crippen LogP contribution in [0.5, 0.6) is 0 Å². The Kier molecular flexibility index (Phi) is 10.8. The SMILES string of the molecule is C=C(OCCN(C)C)C(C)(C)CC(CC(CC1C(C)C2CC(C(=O)O)C1C2)C(N)=O)C(=O)NCCO. The molecule has 2 rings (SSSR count). The van der Waals surface area contributed by atoms with Gasteiger partial charge in [-0.1, -0.05) is 27.4 Å². The molecule has 0 aromatic heterocycles. The maximum atomic E-state index is 13.1. The molecule has 7 atom stereocenters. The molecule has 2 bridgehead atoms. The summed E-state index contributed by atoms with van der Waals surface area (Å²) in [5.41, 5.74) is 5.31. The van der Waals surface area contributed by atoms with E-state index in [9.17, 15) is 24.6 Å². The zero-order valence-electron chi connectivity index (χ0n) is 22.7. The number of allylic oxidation sites excluding steroid dienone is 1. The number of nitrogens with two attached hydrogens (primary N) is 1. The Morgan fingerprint density at radius 3 is 2.42 bits per heavy atom. The van der Waals surface area contributed by atoms with Crippen molar-refractivity contribution < 1.29 is 29.3 Å². The van der Waals surface area contributed by atoms with E-state index in [0.29, 0.717) is 43.5 Å². The molecule has 36 heavy (non-hydrogen) atoms. The standard InChI is InChI=1S/C27H47N3O6/c1-16-18-12-22(23(13-18)26(34)35)21(16)14-19(24(28)32)11-20(25(33)29-7-9-31)15-27(3,4)17(2)36-10-8-30(5)6/h16,18-23,31H,2,7-15H2,1,3-6H3,(H2,28,32)(H,29,33)(H,34,35). The van der Waals surface area contributed by atoms with Crippen LogP contribution < -0.4 is 11.1 Å². The van der Waals surface area contributed by atoms with Crippen LogP contribution in [0.2, 0.25) is 0 Å². The van der Waals surface area contributed by atoms with Gasteiger partial charge in [-0.2, -0.15) is 0 Å². The minimum Gasteiger partial charge on any atom is -0.497 e. The molecule has 9 heteroatoms. The van der Waals surface area contributed by atoms with Crippen molar-refractivity contribution in [2.45, 2.75) is 52.9 Å². The second-order valence-corrected chi connectivity index (χ2v) is 11.8. The van der Waals surface area contributed by atoms with Crippen LogP contribution in [-0.4, -0.2) is 73.3 Å². The first-order valence-corrected chi connectivity index (χ1v) is 13.2. The molecule has 0 heterocycles. The number of amides is 2. The van der Waals surface area contributed by atoms with Gasteiger partial charge in [-0.15, -0.1) is 0 Å². The van der Waals surface area contributed by atoms with Crippen molar-refractivity contribution in [1.29, 1.82) is 0 Å². The number of hydrogen-bond donors (Lipinski definition) is 4. The molecule has 5 N–H and O–H groups in total. The summed E-state index contributed by atoms with van der Waals surface area (Å²) in [6, 6.07) is 0. The maximum Gasteiger partial charge on any atom is 0.306 e. The fourth-order valence-electron chi connectivity index (χ4n) is 6.31. The summed E-state index contributed by atoms with van der Waals surface area (Å²) in [5, 5.41) is 21.6. The van der Waals surface area contributed by atoms with E-state index in [1.807, 2.05) is 32.8 Å². The Hall–Kier alpha value is -2.13. The van der Waals surface area contributed by atoms with Crippen molar-refractivity contribution in [3.05, 3.63) is 12.3 Å². The number of carboxylic acids is 1. The third-order valence-corrected chi connectivity index (χ3v) is 8.57. The maximum absolute atomic E-state index is 13.1. The summed E-state index contributed by atoms with van der Waals surface area (Å²) < 4.78 is 5.87. The summed E-state index contributed by atoms with van der Waals surface area (Å²) in [5.74, 6) is -1.50. The molecule has 0 radical (unpaired) electrons. The van der Waals surface area contributed by atoms with E-state index in [2.05, 4.69) is 18.8 Å². The van der Waals surface area contributed by atoms with E-state index < -0.39 is 29.1 Å².